The van der Waals surface area contributed by atoms with E-state index in [1.54, 1.807) is 18.2 Å². The number of primary amides is 1. The van der Waals surface area contributed by atoms with Crippen LogP contribution in [0.25, 0.3) is 0 Å². The first-order chi connectivity index (χ1) is 11.1. The molecule has 4 heteroatoms. The largest absolute Gasteiger partial charge is 0.366 e. The Labute approximate surface area is 135 Å². The number of carbonyl (C=O) groups is 2. The summed E-state index contributed by atoms with van der Waals surface area (Å²) in [6.45, 7) is 3.57. The van der Waals surface area contributed by atoms with Crippen LogP contribution < -0.4 is 11.1 Å². The van der Waals surface area contributed by atoms with Crippen molar-refractivity contribution < 1.29 is 9.59 Å². The normalized spacial score (nSPS) is 17.2. The number of nitrogens with two attached hydrogens (primary N) is 1. The zero-order chi connectivity index (χ0) is 16.4. The Morgan fingerprint density at radius 3 is 2.39 bits per heavy atom. The molecular formula is C19H20N2O2. The lowest BCUT2D eigenvalue weighted by Gasteiger charge is -2.18. The molecule has 1 aliphatic rings. The predicted molar refractivity (Wildman–Crippen MR) is 89.8 cm³/mol. The maximum absolute atomic E-state index is 13.0. The van der Waals surface area contributed by atoms with Crippen LogP contribution in [-0.2, 0) is 0 Å². The van der Waals surface area contributed by atoms with Crippen LogP contribution in [0.5, 0.6) is 0 Å². The fourth-order valence-electron chi connectivity index (χ4n) is 3.29. The quantitative estimate of drug-likeness (QED) is 0.852. The third kappa shape index (κ3) is 2.90. The number of amides is 1. The van der Waals surface area contributed by atoms with Gasteiger partial charge in [-0.25, -0.2) is 0 Å². The topological polar surface area (TPSA) is 72.2 Å². The molecule has 1 aliphatic heterocycles. The van der Waals surface area contributed by atoms with Crippen LogP contribution in [0, 0.1) is 6.92 Å². The van der Waals surface area contributed by atoms with Crippen molar-refractivity contribution in [1.82, 2.24) is 5.32 Å². The molecule has 0 aromatic heterocycles. The van der Waals surface area contributed by atoms with Crippen molar-refractivity contribution in [2.24, 2.45) is 5.73 Å². The van der Waals surface area contributed by atoms with Gasteiger partial charge < -0.3 is 11.1 Å². The van der Waals surface area contributed by atoms with Gasteiger partial charge in [0, 0.05) is 23.2 Å². The van der Waals surface area contributed by atoms with Crippen molar-refractivity contribution >= 4 is 11.7 Å². The Morgan fingerprint density at radius 1 is 1.04 bits per heavy atom. The van der Waals surface area contributed by atoms with Gasteiger partial charge in [-0.05, 0) is 43.0 Å². The molecule has 2 aromatic rings. The van der Waals surface area contributed by atoms with Gasteiger partial charge in [-0.2, -0.15) is 0 Å². The fraction of sp³-hybridized carbons (Fsp3) is 0.263. The van der Waals surface area contributed by atoms with Gasteiger partial charge in [0.25, 0.3) is 0 Å². The number of hydrogen-bond donors (Lipinski definition) is 2. The zero-order valence-corrected chi connectivity index (χ0v) is 13.1. The van der Waals surface area contributed by atoms with Crippen molar-refractivity contribution in [1.29, 1.82) is 0 Å². The molecule has 118 valence electrons. The smallest absolute Gasteiger partial charge is 0.249 e. The van der Waals surface area contributed by atoms with Gasteiger partial charge in [-0.15, -0.1) is 0 Å². The van der Waals surface area contributed by atoms with Gasteiger partial charge in [-0.3, -0.25) is 9.59 Å². The summed E-state index contributed by atoms with van der Waals surface area (Å²) in [5.41, 5.74) is 8.98. The Bertz CT molecular complexity index is 762. The van der Waals surface area contributed by atoms with Gasteiger partial charge in [0.1, 0.15) is 0 Å². The van der Waals surface area contributed by atoms with Gasteiger partial charge in [0.2, 0.25) is 5.91 Å². The lowest BCUT2D eigenvalue weighted by atomic mass is 9.85. The molecule has 4 nitrogen and oxygen atoms in total. The van der Waals surface area contributed by atoms with Crippen molar-refractivity contribution in [3.05, 3.63) is 70.3 Å². The molecule has 3 rings (SSSR count). The third-order valence-corrected chi connectivity index (χ3v) is 4.47. The van der Waals surface area contributed by atoms with Crippen LogP contribution in [0.1, 0.15) is 49.7 Å². The third-order valence-electron chi connectivity index (χ3n) is 4.47. The van der Waals surface area contributed by atoms with Crippen LogP contribution in [0.15, 0.2) is 42.5 Å². The lowest BCUT2D eigenvalue weighted by molar-refractivity contribution is 0.0999. The molecule has 0 radical (unpaired) electrons. The number of rotatable bonds is 4. The number of benzene rings is 2. The summed E-state index contributed by atoms with van der Waals surface area (Å²) in [6, 6.07) is 12.8. The molecule has 23 heavy (non-hydrogen) atoms. The number of carbonyl (C=O) groups excluding carboxylic acids is 2. The van der Waals surface area contributed by atoms with Crippen LogP contribution in [0.4, 0.5) is 0 Å². The second-order valence-corrected chi connectivity index (χ2v) is 5.96. The van der Waals surface area contributed by atoms with E-state index < -0.39 is 5.91 Å². The summed E-state index contributed by atoms with van der Waals surface area (Å²) in [7, 11) is 0. The minimum atomic E-state index is -0.480. The molecule has 0 bridgehead atoms. The highest BCUT2D eigenvalue weighted by atomic mass is 16.1. The summed E-state index contributed by atoms with van der Waals surface area (Å²) in [6.07, 6.45) is 0.901. The highest BCUT2D eigenvalue weighted by molar-refractivity contribution is 6.12. The summed E-state index contributed by atoms with van der Waals surface area (Å²) >= 11 is 0. The van der Waals surface area contributed by atoms with Crippen LogP contribution in [0.2, 0.25) is 0 Å². The van der Waals surface area contributed by atoms with Gasteiger partial charge in [0.15, 0.2) is 5.78 Å². The maximum atomic E-state index is 13.0. The molecule has 2 aromatic carbocycles. The van der Waals surface area contributed by atoms with Gasteiger partial charge >= 0.3 is 0 Å². The standard InChI is InChI=1S/C19H20N2O2/c1-12-5-2-3-6-14(12)18(22)15-7-4-8-16(19(20)23)17(15)13-9-10-21-11-13/h2-8,13,21H,9-11H2,1H3,(H2,20,23). The lowest BCUT2D eigenvalue weighted by Crippen LogP contribution is -2.20. The minimum absolute atomic E-state index is 0.0481. The first-order valence-corrected chi connectivity index (χ1v) is 7.83. The van der Waals surface area contributed by atoms with E-state index in [2.05, 4.69) is 5.32 Å². The van der Waals surface area contributed by atoms with Gasteiger partial charge in [0.05, 0.1) is 0 Å². The Balaban J connectivity index is 2.15. The monoisotopic (exact) mass is 308 g/mol. The predicted octanol–water partition coefficient (Wildman–Crippen LogP) is 2.40. The van der Waals surface area contributed by atoms with Crippen LogP contribution in [0.3, 0.4) is 0 Å². The number of hydrogen-bond acceptors (Lipinski definition) is 3. The Kier molecular flexibility index (Phi) is 4.26. The highest BCUT2D eigenvalue weighted by Crippen LogP contribution is 2.31. The van der Waals surface area contributed by atoms with E-state index in [0.29, 0.717) is 16.7 Å². The van der Waals surface area contributed by atoms with E-state index in [1.807, 2.05) is 31.2 Å². The number of nitrogens with one attached hydrogen (secondary N) is 1. The van der Waals surface area contributed by atoms with E-state index in [4.69, 9.17) is 5.73 Å². The average Bonchev–Trinajstić information content (AvgIpc) is 3.08. The molecule has 1 unspecified atom stereocenters. The maximum Gasteiger partial charge on any atom is 0.249 e. The second-order valence-electron chi connectivity index (χ2n) is 5.96. The van der Waals surface area contributed by atoms with E-state index in [1.165, 1.54) is 0 Å². The summed E-state index contributed by atoms with van der Waals surface area (Å²) < 4.78 is 0. The SMILES string of the molecule is Cc1ccccc1C(=O)c1cccc(C(N)=O)c1C1CCNC1. The Hall–Kier alpha value is -2.46. The van der Waals surface area contributed by atoms with Crippen molar-refractivity contribution in [2.75, 3.05) is 13.1 Å². The molecule has 3 N–H and O–H groups in total. The van der Waals surface area contributed by atoms with Gasteiger partial charge in [-0.1, -0.05) is 36.4 Å². The minimum Gasteiger partial charge on any atom is -0.366 e. The van der Waals surface area contributed by atoms with Crippen molar-refractivity contribution in [3.63, 3.8) is 0 Å². The molecule has 1 saturated heterocycles. The molecule has 0 aliphatic carbocycles. The average molecular weight is 308 g/mol. The highest BCUT2D eigenvalue weighted by Gasteiger charge is 2.27. The summed E-state index contributed by atoms with van der Waals surface area (Å²) in [5, 5.41) is 3.29. The molecule has 0 spiro atoms. The molecule has 1 heterocycles. The molecule has 0 saturated carbocycles. The molecular weight excluding hydrogens is 288 g/mol. The van der Waals surface area contributed by atoms with Crippen LogP contribution in [-0.4, -0.2) is 24.8 Å². The molecule has 1 amide bonds. The number of ketones is 1. The van der Waals surface area contributed by atoms with Crippen LogP contribution >= 0.6 is 0 Å². The molecule has 1 atom stereocenters. The Morgan fingerprint density at radius 2 is 1.74 bits per heavy atom. The van der Waals surface area contributed by atoms with E-state index in [0.717, 1.165) is 30.6 Å². The number of aryl methyl sites for hydroxylation is 1. The first kappa shape index (κ1) is 15.4. The first-order valence-electron chi connectivity index (χ1n) is 7.83. The fourth-order valence-corrected chi connectivity index (χ4v) is 3.29. The van der Waals surface area contributed by atoms with E-state index in [9.17, 15) is 9.59 Å². The van der Waals surface area contributed by atoms with Crippen molar-refractivity contribution in [3.8, 4) is 0 Å². The van der Waals surface area contributed by atoms with E-state index in [-0.39, 0.29) is 11.7 Å². The second kappa shape index (κ2) is 6.34. The zero-order valence-electron chi connectivity index (χ0n) is 13.1. The summed E-state index contributed by atoms with van der Waals surface area (Å²) in [4.78, 5) is 24.9. The summed E-state index contributed by atoms with van der Waals surface area (Å²) in [5.74, 6) is -0.388. The van der Waals surface area contributed by atoms with E-state index >= 15 is 0 Å². The van der Waals surface area contributed by atoms with Crippen molar-refractivity contribution in [2.45, 2.75) is 19.3 Å². The molecule has 1 fully saturated rings.